The zero-order valence-corrected chi connectivity index (χ0v) is 10.9. The largest absolute Gasteiger partial charge is 0.469 e. The first-order valence-electron chi connectivity index (χ1n) is 6.48. The molecule has 0 saturated heterocycles. The maximum absolute atomic E-state index is 11.9. The van der Waals surface area contributed by atoms with E-state index in [4.69, 9.17) is 4.74 Å². The van der Waals surface area contributed by atoms with Gasteiger partial charge in [-0.05, 0) is 17.5 Å². The van der Waals surface area contributed by atoms with E-state index < -0.39 is 0 Å². The molecule has 1 atom stereocenters. The SMILES string of the molecule is COC(=O)[C@H]1CC1(c1ccccc1)c1ccccc1. The van der Waals surface area contributed by atoms with Crippen molar-refractivity contribution in [3.05, 3.63) is 71.8 Å². The molecule has 1 aliphatic carbocycles. The van der Waals surface area contributed by atoms with Gasteiger partial charge in [-0.3, -0.25) is 4.79 Å². The molecule has 1 fully saturated rings. The zero-order valence-electron chi connectivity index (χ0n) is 10.9. The summed E-state index contributed by atoms with van der Waals surface area (Å²) in [5, 5.41) is 0. The monoisotopic (exact) mass is 252 g/mol. The van der Waals surface area contributed by atoms with Gasteiger partial charge in [-0.2, -0.15) is 0 Å². The van der Waals surface area contributed by atoms with Gasteiger partial charge in [0.15, 0.2) is 0 Å². The molecule has 2 nitrogen and oxygen atoms in total. The fourth-order valence-electron chi connectivity index (χ4n) is 2.97. The van der Waals surface area contributed by atoms with Gasteiger partial charge in [-0.25, -0.2) is 0 Å². The van der Waals surface area contributed by atoms with Crippen LogP contribution in [0, 0.1) is 5.92 Å². The number of hydrogen-bond donors (Lipinski definition) is 0. The lowest BCUT2D eigenvalue weighted by Gasteiger charge is -2.18. The molecule has 0 N–H and O–H groups in total. The van der Waals surface area contributed by atoms with Gasteiger partial charge in [0, 0.05) is 5.41 Å². The number of carbonyl (C=O) groups excluding carboxylic acids is 1. The van der Waals surface area contributed by atoms with Crippen LogP contribution in [0.4, 0.5) is 0 Å². The Labute approximate surface area is 113 Å². The Balaban J connectivity index is 2.07. The average Bonchev–Trinajstić information content (AvgIpc) is 3.25. The van der Waals surface area contributed by atoms with Crippen LogP contribution in [0.1, 0.15) is 17.5 Å². The fraction of sp³-hybridized carbons (Fsp3) is 0.235. The van der Waals surface area contributed by atoms with Crippen LogP contribution in [-0.4, -0.2) is 13.1 Å². The number of hydrogen-bond acceptors (Lipinski definition) is 2. The van der Waals surface area contributed by atoms with Gasteiger partial charge in [-0.1, -0.05) is 60.7 Å². The summed E-state index contributed by atoms with van der Waals surface area (Å²) in [6.07, 6.45) is 0.827. The summed E-state index contributed by atoms with van der Waals surface area (Å²) in [5.74, 6) is -0.185. The second-order valence-corrected chi connectivity index (χ2v) is 4.98. The van der Waals surface area contributed by atoms with Gasteiger partial charge in [0.05, 0.1) is 13.0 Å². The normalized spacial score (nSPS) is 19.7. The van der Waals surface area contributed by atoms with Gasteiger partial charge in [0.2, 0.25) is 0 Å². The Hall–Kier alpha value is -2.09. The van der Waals surface area contributed by atoms with E-state index in [2.05, 4.69) is 24.3 Å². The Morgan fingerprint density at radius 3 is 1.89 bits per heavy atom. The maximum Gasteiger partial charge on any atom is 0.309 e. The zero-order chi connectivity index (χ0) is 13.3. The van der Waals surface area contributed by atoms with E-state index in [9.17, 15) is 4.79 Å². The molecule has 0 unspecified atom stereocenters. The van der Waals surface area contributed by atoms with Gasteiger partial charge < -0.3 is 4.74 Å². The van der Waals surface area contributed by atoms with E-state index in [1.165, 1.54) is 18.2 Å². The standard InChI is InChI=1S/C17H16O2/c1-19-16(18)15-12-17(15,13-8-4-2-5-9-13)14-10-6-3-7-11-14/h2-11,15H,12H2,1H3/t15-/m1/s1. The quantitative estimate of drug-likeness (QED) is 0.784. The highest BCUT2D eigenvalue weighted by atomic mass is 16.5. The average molecular weight is 252 g/mol. The lowest BCUT2D eigenvalue weighted by atomic mass is 9.86. The molecule has 1 aliphatic rings. The Bertz CT molecular complexity index is 535. The van der Waals surface area contributed by atoms with Gasteiger partial charge in [0.25, 0.3) is 0 Å². The van der Waals surface area contributed by atoms with Crippen molar-refractivity contribution in [2.75, 3.05) is 7.11 Å². The van der Waals surface area contributed by atoms with Crippen LogP contribution in [0.3, 0.4) is 0 Å². The first-order valence-corrected chi connectivity index (χ1v) is 6.48. The van der Waals surface area contributed by atoms with Gasteiger partial charge >= 0.3 is 5.97 Å². The molecule has 3 rings (SSSR count). The summed E-state index contributed by atoms with van der Waals surface area (Å²) in [6, 6.07) is 20.5. The lowest BCUT2D eigenvalue weighted by molar-refractivity contribution is -0.142. The molecular weight excluding hydrogens is 236 g/mol. The van der Waals surface area contributed by atoms with Crippen LogP contribution >= 0.6 is 0 Å². The van der Waals surface area contributed by atoms with Crippen molar-refractivity contribution in [2.24, 2.45) is 5.92 Å². The molecule has 2 aromatic rings. The molecule has 96 valence electrons. The van der Waals surface area contributed by atoms with Crippen LogP contribution in [0.15, 0.2) is 60.7 Å². The topological polar surface area (TPSA) is 26.3 Å². The third-order valence-electron chi connectivity index (χ3n) is 4.02. The second kappa shape index (κ2) is 4.54. The molecule has 0 aromatic heterocycles. The molecule has 0 aliphatic heterocycles. The summed E-state index contributed by atoms with van der Waals surface area (Å²) in [7, 11) is 1.46. The summed E-state index contributed by atoms with van der Waals surface area (Å²) in [4.78, 5) is 11.9. The summed E-state index contributed by atoms with van der Waals surface area (Å²) in [5.41, 5.74) is 2.18. The minimum absolute atomic E-state index is 0.0673. The van der Waals surface area contributed by atoms with E-state index in [1.54, 1.807) is 0 Å². The first kappa shape index (κ1) is 12.0. The smallest absolute Gasteiger partial charge is 0.309 e. The highest BCUT2D eigenvalue weighted by Crippen LogP contribution is 2.59. The molecule has 19 heavy (non-hydrogen) atoms. The molecule has 0 spiro atoms. The maximum atomic E-state index is 11.9. The minimum atomic E-state index is -0.199. The molecule has 0 heterocycles. The minimum Gasteiger partial charge on any atom is -0.469 e. The summed E-state index contributed by atoms with van der Waals surface area (Å²) in [6.45, 7) is 0. The summed E-state index contributed by atoms with van der Waals surface area (Å²) >= 11 is 0. The predicted octanol–water partition coefficient (Wildman–Crippen LogP) is 3.17. The van der Waals surface area contributed by atoms with Crippen molar-refractivity contribution < 1.29 is 9.53 Å². The number of esters is 1. The van der Waals surface area contributed by atoms with E-state index in [-0.39, 0.29) is 17.3 Å². The van der Waals surface area contributed by atoms with Crippen LogP contribution in [0.5, 0.6) is 0 Å². The van der Waals surface area contributed by atoms with Crippen molar-refractivity contribution in [1.29, 1.82) is 0 Å². The Morgan fingerprint density at radius 2 is 1.47 bits per heavy atom. The molecule has 1 saturated carbocycles. The van der Waals surface area contributed by atoms with Crippen molar-refractivity contribution in [1.82, 2.24) is 0 Å². The highest BCUT2D eigenvalue weighted by molar-refractivity contribution is 5.81. The number of carbonyl (C=O) groups is 1. The van der Waals surface area contributed by atoms with Gasteiger partial charge in [-0.15, -0.1) is 0 Å². The van der Waals surface area contributed by atoms with Crippen molar-refractivity contribution in [2.45, 2.75) is 11.8 Å². The van der Waals surface area contributed by atoms with Crippen LogP contribution in [-0.2, 0) is 14.9 Å². The van der Waals surface area contributed by atoms with E-state index in [0.29, 0.717) is 0 Å². The number of ether oxygens (including phenoxy) is 1. The molecule has 2 heteroatoms. The van der Waals surface area contributed by atoms with Crippen LogP contribution in [0.2, 0.25) is 0 Å². The Kier molecular flexibility index (Phi) is 2.86. The van der Waals surface area contributed by atoms with E-state index in [0.717, 1.165) is 6.42 Å². The summed E-state index contributed by atoms with van der Waals surface area (Å²) < 4.78 is 4.93. The van der Waals surface area contributed by atoms with E-state index in [1.807, 2.05) is 36.4 Å². The van der Waals surface area contributed by atoms with Crippen molar-refractivity contribution >= 4 is 5.97 Å². The van der Waals surface area contributed by atoms with Crippen LogP contribution in [0.25, 0.3) is 0 Å². The van der Waals surface area contributed by atoms with Crippen molar-refractivity contribution in [3.8, 4) is 0 Å². The van der Waals surface area contributed by atoms with Crippen LogP contribution < -0.4 is 0 Å². The highest BCUT2D eigenvalue weighted by Gasteiger charge is 2.60. The second-order valence-electron chi connectivity index (χ2n) is 4.98. The third-order valence-corrected chi connectivity index (χ3v) is 4.02. The first-order chi connectivity index (χ1) is 9.29. The van der Waals surface area contributed by atoms with Crippen molar-refractivity contribution in [3.63, 3.8) is 0 Å². The Morgan fingerprint density at radius 1 is 1.00 bits per heavy atom. The predicted molar refractivity (Wildman–Crippen MR) is 73.8 cm³/mol. The molecule has 2 aromatic carbocycles. The van der Waals surface area contributed by atoms with E-state index >= 15 is 0 Å². The number of benzene rings is 2. The molecule has 0 radical (unpaired) electrons. The van der Waals surface area contributed by atoms with Gasteiger partial charge in [0.1, 0.15) is 0 Å². The third kappa shape index (κ3) is 1.84. The number of rotatable bonds is 3. The fourth-order valence-corrected chi connectivity index (χ4v) is 2.97. The number of methoxy groups -OCH3 is 1. The molecule has 0 amide bonds. The molecule has 0 bridgehead atoms. The molecular formula is C17H16O2. The lowest BCUT2D eigenvalue weighted by Crippen LogP contribution is -2.17.